The first-order chi connectivity index (χ1) is 12.5. The zero-order chi connectivity index (χ0) is 18.9. The summed E-state index contributed by atoms with van der Waals surface area (Å²) in [5.74, 6) is 1.37. The Morgan fingerprint density at radius 3 is 2.54 bits per heavy atom. The average Bonchev–Trinajstić information content (AvgIpc) is 3.06. The molecule has 0 radical (unpaired) electrons. The fourth-order valence-corrected chi connectivity index (χ4v) is 2.98. The van der Waals surface area contributed by atoms with E-state index in [4.69, 9.17) is 4.74 Å². The molecule has 0 fully saturated rings. The Morgan fingerprint density at radius 2 is 1.96 bits per heavy atom. The van der Waals surface area contributed by atoms with Gasteiger partial charge in [0, 0.05) is 38.1 Å². The fraction of sp³-hybridized carbons (Fsp3) is 0.389. The lowest BCUT2D eigenvalue weighted by atomic mass is 10.2. The van der Waals surface area contributed by atoms with E-state index in [0.717, 1.165) is 22.4 Å². The molecule has 7 nitrogen and oxygen atoms in total. The molecule has 2 N–H and O–H groups in total. The number of benzene rings is 1. The highest BCUT2D eigenvalue weighted by molar-refractivity contribution is 7.09. The van der Waals surface area contributed by atoms with Gasteiger partial charge in [-0.3, -0.25) is 9.79 Å². The number of amides is 1. The number of nitrogens with zero attached hydrogens (tertiary/aromatic N) is 3. The molecule has 1 amide bonds. The summed E-state index contributed by atoms with van der Waals surface area (Å²) in [7, 11) is 5.29. The highest BCUT2D eigenvalue weighted by Gasteiger charge is 2.09. The van der Waals surface area contributed by atoms with Crippen molar-refractivity contribution in [3.8, 4) is 5.75 Å². The van der Waals surface area contributed by atoms with Crippen molar-refractivity contribution in [2.75, 3.05) is 34.3 Å². The lowest BCUT2D eigenvalue weighted by Gasteiger charge is -2.21. The number of nitrogens with one attached hydrogen (secondary N) is 2. The monoisotopic (exact) mass is 375 g/mol. The zero-order valence-corrected chi connectivity index (χ0v) is 16.4. The first-order valence-corrected chi connectivity index (χ1v) is 9.16. The number of aryl methyl sites for hydroxylation is 1. The standard InChI is InChI=1S/C18H25N5O2S/c1-13-22-15(12-26-13)11-23(3)18(19-2)21-10-9-20-17(24)14-5-7-16(25-4)8-6-14/h5-8,12H,9-11H2,1-4H3,(H,19,21)(H,20,24). The Balaban J connectivity index is 1.75. The second-order valence-electron chi connectivity index (χ2n) is 5.67. The van der Waals surface area contributed by atoms with E-state index in [2.05, 4.69) is 20.6 Å². The number of ether oxygens (including phenoxy) is 1. The molecule has 2 rings (SSSR count). The number of thiazole rings is 1. The third-order valence-corrected chi connectivity index (χ3v) is 4.51. The van der Waals surface area contributed by atoms with Crippen molar-refractivity contribution < 1.29 is 9.53 Å². The van der Waals surface area contributed by atoms with Crippen molar-refractivity contribution in [3.63, 3.8) is 0 Å². The molecule has 2 aromatic rings. The summed E-state index contributed by atoms with van der Waals surface area (Å²) in [5.41, 5.74) is 1.62. The highest BCUT2D eigenvalue weighted by atomic mass is 32.1. The van der Waals surface area contributed by atoms with Gasteiger partial charge in [-0.25, -0.2) is 4.98 Å². The summed E-state index contributed by atoms with van der Waals surface area (Å²) >= 11 is 1.64. The van der Waals surface area contributed by atoms with Crippen LogP contribution >= 0.6 is 11.3 Å². The van der Waals surface area contributed by atoms with E-state index in [9.17, 15) is 4.79 Å². The third kappa shape index (κ3) is 5.73. The lowest BCUT2D eigenvalue weighted by Crippen LogP contribution is -2.42. The quantitative estimate of drug-likeness (QED) is 0.439. The van der Waals surface area contributed by atoms with E-state index < -0.39 is 0 Å². The number of guanidine groups is 1. The molecule has 8 heteroatoms. The van der Waals surface area contributed by atoms with Gasteiger partial charge in [-0.2, -0.15) is 0 Å². The van der Waals surface area contributed by atoms with Crippen molar-refractivity contribution >= 4 is 23.2 Å². The number of carbonyl (C=O) groups is 1. The summed E-state index contributed by atoms with van der Waals surface area (Å²) in [6, 6.07) is 7.02. The number of aliphatic imine (C=N–C) groups is 1. The molecule has 1 aromatic heterocycles. The predicted molar refractivity (Wildman–Crippen MR) is 105 cm³/mol. The SMILES string of the molecule is CN=C(NCCNC(=O)c1ccc(OC)cc1)N(C)Cc1csc(C)n1. The minimum atomic E-state index is -0.115. The number of carbonyl (C=O) groups excluding carboxylic acids is 1. The maximum absolute atomic E-state index is 12.1. The molecule has 1 aromatic carbocycles. The Bertz CT molecular complexity index is 742. The zero-order valence-electron chi connectivity index (χ0n) is 15.6. The van der Waals surface area contributed by atoms with Crippen LogP contribution in [0.2, 0.25) is 0 Å². The molecule has 140 valence electrons. The highest BCUT2D eigenvalue weighted by Crippen LogP contribution is 2.11. The van der Waals surface area contributed by atoms with Crippen molar-refractivity contribution in [1.29, 1.82) is 0 Å². The number of rotatable bonds is 7. The van der Waals surface area contributed by atoms with Crippen LogP contribution in [0.1, 0.15) is 21.1 Å². The van der Waals surface area contributed by atoms with Gasteiger partial charge >= 0.3 is 0 Å². The molecule has 0 spiro atoms. The van der Waals surface area contributed by atoms with Gasteiger partial charge in [0.2, 0.25) is 0 Å². The summed E-state index contributed by atoms with van der Waals surface area (Å²) in [5, 5.41) is 9.22. The van der Waals surface area contributed by atoms with Crippen LogP contribution in [0.3, 0.4) is 0 Å². The molecule has 0 bridgehead atoms. The van der Waals surface area contributed by atoms with E-state index in [0.29, 0.717) is 25.2 Å². The third-order valence-electron chi connectivity index (χ3n) is 3.68. The van der Waals surface area contributed by atoms with E-state index in [1.165, 1.54) is 0 Å². The predicted octanol–water partition coefficient (Wildman–Crippen LogP) is 1.90. The van der Waals surface area contributed by atoms with Gasteiger partial charge in [-0.1, -0.05) is 0 Å². The summed E-state index contributed by atoms with van der Waals surface area (Å²) in [6.07, 6.45) is 0. The summed E-state index contributed by atoms with van der Waals surface area (Å²) < 4.78 is 5.09. The Kier molecular flexibility index (Phi) is 7.40. The minimum absolute atomic E-state index is 0.115. The maximum atomic E-state index is 12.1. The number of hydrogen-bond acceptors (Lipinski definition) is 5. The van der Waals surface area contributed by atoms with Crippen LogP contribution in [0.5, 0.6) is 5.75 Å². The van der Waals surface area contributed by atoms with Gasteiger partial charge in [0.15, 0.2) is 5.96 Å². The topological polar surface area (TPSA) is 78.8 Å². The van der Waals surface area contributed by atoms with Gasteiger partial charge < -0.3 is 20.3 Å². The molecule has 0 aliphatic carbocycles. The van der Waals surface area contributed by atoms with Crippen molar-refractivity contribution in [2.45, 2.75) is 13.5 Å². The lowest BCUT2D eigenvalue weighted by molar-refractivity contribution is 0.0954. The first-order valence-electron chi connectivity index (χ1n) is 8.28. The van der Waals surface area contributed by atoms with E-state index in [1.807, 2.05) is 24.3 Å². The molecule has 0 aliphatic rings. The smallest absolute Gasteiger partial charge is 0.251 e. The van der Waals surface area contributed by atoms with E-state index in [1.54, 1.807) is 49.8 Å². The maximum Gasteiger partial charge on any atom is 0.251 e. The molecule has 0 saturated heterocycles. The average molecular weight is 375 g/mol. The number of hydrogen-bond donors (Lipinski definition) is 2. The summed E-state index contributed by atoms with van der Waals surface area (Å²) in [6.45, 7) is 3.75. The molecule has 0 aliphatic heterocycles. The Hall–Kier alpha value is -2.61. The van der Waals surface area contributed by atoms with Crippen LogP contribution in [-0.2, 0) is 6.54 Å². The Morgan fingerprint density at radius 1 is 1.27 bits per heavy atom. The molecule has 0 atom stereocenters. The molecule has 1 heterocycles. The van der Waals surface area contributed by atoms with Gasteiger partial charge in [-0.05, 0) is 31.2 Å². The van der Waals surface area contributed by atoms with Gasteiger partial charge in [0.05, 0.1) is 24.4 Å². The molecular weight excluding hydrogens is 350 g/mol. The van der Waals surface area contributed by atoms with Gasteiger partial charge in [0.25, 0.3) is 5.91 Å². The molecule has 26 heavy (non-hydrogen) atoms. The van der Waals surface area contributed by atoms with Crippen molar-refractivity contribution in [1.82, 2.24) is 20.5 Å². The van der Waals surface area contributed by atoms with Crippen LogP contribution in [0.25, 0.3) is 0 Å². The van der Waals surface area contributed by atoms with Crippen LogP contribution in [0.4, 0.5) is 0 Å². The fourth-order valence-electron chi connectivity index (χ4n) is 2.38. The second kappa shape index (κ2) is 9.76. The Labute approximate surface area is 158 Å². The van der Waals surface area contributed by atoms with E-state index in [-0.39, 0.29) is 5.91 Å². The van der Waals surface area contributed by atoms with Crippen molar-refractivity contribution in [3.05, 3.63) is 45.9 Å². The first kappa shape index (κ1) is 19.7. The van der Waals surface area contributed by atoms with Crippen LogP contribution < -0.4 is 15.4 Å². The number of aromatic nitrogens is 1. The largest absolute Gasteiger partial charge is 0.497 e. The van der Waals surface area contributed by atoms with E-state index >= 15 is 0 Å². The van der Waals surface area contributed by atoms with Crippen LogP contribution in [-0.4, -0.2) is 56.0 Å². The number of methoxy groups -OCH3 is 1. The van der Waals surface area contributed by atoms with Crippen molar-refractivity contribution in [2.24, 2.45) is 4.99 Å². The van der Waals surface area contributed by atoms with Gasteiger partial charge in [0.1, 0.15) is 5.75 Å². The van der Waals surface area contributed by atoms with Crippen LogP contribution in [0.15, 0.2) is 34.6 Å². The molecule has 0 unspecified atom stereocenters. The van der Waals surface area contributed by atoms with Crippen LogP contribution in [0, 0.1) is 6.92 Å². The molecule has 0 saturated carbocycles. The second-order valence-corrected chi connectivity index (χ2v) is 6.73. The van der Waals surface area contributed by atoms with Gasteiger partial charge in [-0.15, -0.1) is 11.3 Å². The molecular formula is C18H25N5O2S. The summed E-state index contributed by atoms with van der Waals surface area (Å²) in [4.78, 5) is 22.8. The normalized spacial score (nSPS) is 11.2. The minimum Gasteiger partial charge on any atom is -0.497 e.